The highest BCUT2D eigenvalue weighted by Gasteiger charge is 2.18. The van der Waals surface area contributed by atoms with Crippen molar-refractivity contribution in [2.45, 2.75) is 26.3 Å². The number of anilines is 2. The van der Waals surface area contributed by atoms with Gasteiger partial charge >= 0.3 is 0 Å². The Morgan fingerprint density at radius 2 is 1.81 bits per heavy atom. The standard InChI is InChI=1S/C16H27N3O2/c1-11(2)7-12(10-19(3)4)18-14-9-16-15(8-13(14)17)20-5-6-21-16/h8-9,11-12,18H,5-7,10,17H2,1-4H3. The van der Waals surface area contributed by atoms with Gasteiger partial charge in [0.15, 0.2) is 11.5 Å². The summed E-state index contributed by atoms with van der Waals surface area (Å²) in [6, 6.07) is 4.15. The molecule has 1 aromatic carbocycles. The lowest BCUT2D eigenvalue weighted by Crippen LogP contribution is -2.33. The molecule has 21 heavy (non-hydrogen) atoms. The minimum atomic E-state index is 0.352. The number of likely N-dealkylation sites (N-methyl/N-ethyl adjacent to an activating group) is 1. The Bertz CT molecular complexity index is 465. The van der Waals surface area contributed by atoms with Crippen molar-refractivity contribution in [1.82, 2.24) is 4.90 Å². The molecule has 0 spiro atoms. The lowest BCUT2D eigenvalue weighted by atomic mass is 10.0. The van der Waals surface area contributed by atoms with Gasteiger partial charge in [-0.25, -0.2) is 0 Å². The monoisotopic (exact) mass is 293 g/mol. The van der Waals surface area contributed by atoms with Gasteiger partial charge < -0.3 is 25.4 Å². The van der Waals surface area contributed by atoms with Crippen LogP contribution in [0.1, 0.15) is 20.3 Å². The van der Waals surface area contributed by atoms with Crippen molar-refractivity contribution in [3.63, 3.8) is 0 Å². The van der Waals surface area contributed by atoms with Gasteiger partial charge in [0.1, 0.15) is 13.2 Å². The maximum Gasteiger partial charge on any atom is 0.163 e. The summed E-state index contributed by atoms with van der Waals surface area (Å²) < 4.78 is 11.2. The fraction of sp³-hybridized carbons (Fsp3) is 0.625. The highest BCUT2D eigenvalue weighted by Crippen LogP contribution is 2.37. The maximum atomic E-state index is 6.14. The zero-order valence-corrected chi connectivity index (χ0v) is 13.5. The average molecular weight is 293 g/mol. The first-order valence-corrected chi connectivity index (χ1v) is 7.56. The van der Waals surface area contributed by atoms with Gasteiger partial charge in [0.05, 0.1) is 11.4 Å². The highest BCUT2D eigenvalue weighted by molar-refractivity contribution is 5.72. The van der Waals surface area contributed by atoms with E-state index in [4.69, 9.17) is 15.2 Å². The van der Waals surface area contributed by atoms with E-state index in [2.05, 4.69) is 38.2 Å². The number of nitrogen functional groups attached to an aromatic ring is 1. The maximum absolute atomic E-state index is 6.14. The summed E-state index contributed by atoms with van der Waals surface area (Å²) in [6.07, 6.45) is 1.09. The summed E-state index contributed by atoms with van der Waals surface area (Å²) in [5.74, 6) is 2.13. The molecular formula is C16H27N3O2. The molecule has 0 bridgehead atoms. The Morgan fingerprint density at radius 3 is 2.38 bits per heavy atom. The number of ether oxygens (including phenoxy) is 2. The van der Waals surface area contributed by atoms with Crippen molar-refractivity contribution in [2.75, 3.05) is 44.9 Å². The summed E-state index contributed by atoms with van der Waals surface area (Å²) >= 11 is 0. The van der Waals surface area contributed by atoms with Crippen LogP contribution in [0, 0.1) is 5.92 Å². The zero-order valence-electron chi connectivity index (χ0n) is 13.5. The largest absolute Gasteiger partial charge is 0.486 e. The number of nitrogens with two attached hydrogens (primary N) is 1. The van der Waals surface area contributed by atoms with E-state index in [9.17, 15) is 0 Å². The van der Waals surface area contributed by atoms with E-state index in [1.807, 2.05) is 12.1 Å². The van der Waals surface area contributed by atoms with Gasteiger partial charge in [-0.05, 0) is 26.4 Å². The predicted octanol–water partition coefficient (Wildman–Crippen LogP) is 2.43. The molecule has 1 atom stereocenters. The molecule has 0 aromatic heterocycles. The van der Waals surface area contributed by atoms with Crippen LogP contribution in [0.25, 0.3) is 0 Å². The molecule has 2 rings (SSSR count). The third-order valence-corrected chi connectivity index (χ3v) is 3.42. The third kappa shape index (κ3) is 4.43. The lowest BCUT2D eigenvalue weighted by molar-refractivity contribution is 0.172. The third-order valence-electron chi connectivity index (χ3n) is 3.42. The van der Waals surface area contributed by atoms with E-state index in [0.29, 0.717) is 30.9 Å². The summed E-state index contributed by atoms with van der Waals surface area (Å²) in [4.78, 5) is 2.19. The zero-order chi connectivity index (χ0) is 15.4. The molecule has 0 amide bonds. The van der Waals surface area contributed by atoms with Crippen molar-refractivity contribution in [2.24, 2.45) is 5.92 Å². The van der Waals surface area contributed by atoms with Crippen LogP contribution in [0.4, 0.5) is 11.4 Å². The number of nitrogens with zero attached hydrogens (tertiary/aromatic N) is 1. The highest BCUT2D eigenvalue weighted by atomic mass is 16.6. The molecule has 0 saturated heterocycles. The number of benzene rings is 1. The second-order valence-corrected chi connectivity index (χ2v) is 6.32. The first-order valence-electron chi connectivity index (χ1n) is 7.56. The minimum Gasteiger partial charge on any atom is -0.486 e. The van der Waals surface area contributed by atoms with Crippen LogP contribution in [0.3, 0.4) is 0 Å². The summed E-state index contributed by atoms with van der Waals surface area (Å²) in [5.41, 5.74) is 7.77. The van der Waals surface area contributed by atoms with E-state index >= 15 is 0 Å². The molecule has 1 aliphatic rings. The van der Waals surface area contributed by atoms with E-state index in [1.54, 1.807) is 0 Å². The van der Waals surface area contributed by atoms with Crippen molar-refractivity contribution in [1.29, 1.82) is 0 Å². The van der Waals surface area contributed by atoms with Crippen LogP contribution in [0.2, 0.25) is 0 Å². The van der Waals surface area contributed by atoms with Gasteiger partial charge in [-0.1, -0.05) is 13.8 Å². The number of rotatable bonds is 6. The molecule has 1 aromatic rings. The van der Waals surface area contributed by atoms with Crippen molar-refractivity contribution in [3.05, 3.63) is 12.1 Å². The Balaban J connectivity index is 2.15. The molecule has 1 aliphatic heterocycles. The second-order valence-electron chi connectivity index (χ2n) is 6.32. The molecule has 1 heterocycles. The molecule has 0 fully saturated rings. The molecule has 118 valence electrons. The molecule has 0 saturated carbocycles. The number of hydrogen-bond donors (Lipinski definition) is 2. The van der Waals surface area contributed by atoms with Gasteiger partial charge in [-0.15, -0.1) is 0 Å². The minimum absolute atomic E-state index is 0.352. The van der Waals surface area contributed by atoms with Crippen LogP contribution in [0.5, 0.6) is 11.5 Å². The topological polar surface area (TPSA) is 59.8 Å². The Morgan fingerprint density at radius 1 is 1.19 bits per heavy atom. The lowest BCUT2D eigenvalue weighted by Gasteiger charge is -2.27. The van der Waals surface area contributed by atoms with Crippen LogP contribution in [-0.4, -0.2) is 44.8 Å². The Labute approximate surface area is 127 Å². The quantitative estimate of drug-likeness (QED) is 0.789. The second kappa shape index (κ2) is 6.89. The van der Waals surface area contributed by atoms with Crippen molar-refractivity contribution in [3.8, 4) is 11.5 Å². The van der Waals surface area contributed by atoms with Crippen LogP contribution < -0.4 is 20.5 Å². The SMILES string of the molecule is CC(C)CC(CN(C)C)Nc1cc2c(cc1N)OCCO2. The summed E-state index contributed by atoms with van der Waals surface area (Å²) in [7, 11) is 4.17. The number of fused-ring (bicyclic) bond motifs is 1. The first-order chi connectivity index (χ1) is 9.95. The van der Waals surface area contributed by atoms with Crippen LogP contribution in [-0.2, 0) is 0 Å². The molecule has 3 N–H and O–H groups in total. The fourth-order valence-electron chi connectivity index (χ4n) is 2.64. The van der Waals surface area contributed by atoms with E-state index in [1.165, 1.54) is 0 Å². The molecule has 0 radical (unpaired) electrons. The molecule has 5 heteroatoms. The van der Waals surface area contributed by atoms with Gasteiger partial charge in [-0.2, -0.15) is 0 Å². The van der Waals surface area contributed by atoms with Gasteiger partial charge in [0.2, 0.25) is 0 Å². The smallest absolute Gasteiger partial charge is 0.163 e. The van der Waals surface area contributed by atoms with Crippen molar-refractivity contribution >= 4 is 11.4 Å². The number of nitrogens with one attached hydrogen (secondary N) is 1. The van der Waals surface area contributed by atoms with E-state index in [-0.39, 0.29) is 0 Å². The van der Waals surface area contributed by atoms with Gasteiger partial charge in [0, 0.05) is 24.7 Å². The molecule has 0 aliphatic carbocycles. The van der Waals surface area contributed by atoms with Crippen molar-refractivity contribution < 1.29 is 9.47 Å². The fourth-order valence-corrected chi connectivity index (χ4v) is 2.64. The normalized spacial score (nSPS) is 15.3. The Hall–Kier alpha value is -1.62. The Kier molecular flexibility index (Phi) is 5.17. The van der Waals surface area contributed by atoms with Gasteiger partial charge in [-0.3, -0.25) is 0 Å². The predicted molar refractivity (Wildman–Crippen MR) is 87.3 cm³/mol. The van der Waals surface area contributed by atoms with Crippen LogP contribution >= 0.6 is 0 Å². The first kappa shape index (κ1) is 15.8. The summed E-state index contributed by atoms with van der Waals surface area (Å²) in [6.45, 7) is 6.60. The average Bonchev–Trinajstić information content (AvgIpc) is 2.38. The number of hydrogen-bond acceptors (Lipinski definition) is 5. The van der Waals surface area contributed by atoms with Gasteiger partial charge in [0.25, 0.3) is 0 Å². The molecule has 5 nitrogen and oxygen atoms in total. The van der Waals surface area contributed by atoms with E-state index in [0.717, 1.165) is 30.2 Å². The molecule has 1 unspecified atom stereocenters. The van der Waals surface area contributed by atoms with Crippen LogP contribution in [0.15, 0.2) is 12.1 Å². The van der Waals surface area contributed by atoms with E-state index < -0.39 is 0 Å². The summed E-state index contributed by atoms with van der Waals surface area (Å²) in [5, 5.41) is 3.56. The molecular weight excluding hydrogens is 266 g/mol.